The molecule has 0 fully saturated rings. The number of thiazole rings is 1. The SMILES string of the molecule is CCc1ccc(-c2nc(NC(=O)c3ccco3)sc2C)cc1. The van der Waals surface area contributed by atoms with Crippen molar-refractivity contribution in [1.82, 2.24) is 4.98 Å². The molecule has 112 valence electrons. The van der Waals surface area contributed by atoms with E-state index < -0.39 is 0 Å². The van der Waals surface area contributed by atoms with Gasteiger partial charge < -0.3 is 4.42 Å². The number of carbonyl (C=O) groups is 1. The van der Waals surface area contributed by atoms with E-state index in [1.54, 1.807) is 12.1 Å². The van der Waals surface area contributed by atoms with E-state index in [0.717, 1.165) is 22.6 Å². The minimum absolute atomic E-state index is 0.279. The quantitative estimate of drug-likeness (QED) is 0.770. The molecule has 3 rings (SSSR count). The van der Waals surface area contributed by atoms with E-state index >= 15 is 0 Å². The zero-order valence-electron chi connectivity index (χ0n) is 12.4. The largest absolute Gasteiger partial charge is 0.459 e. The number of nitrogens with one attached hydrogen (secondary N) is 1. The number of hydrogen-bond donors (Lipinski definition) is 1. The number of nitrogens with zero attached hydrogens (tertiary/aromatic N) is 1. The summed E-state index contributed by atoms with van der Waals surface area (Å²) in [6.45, 7) is 4.13. The van der Waals surface area contributed by atoms with Crippen molar-refractivity contribution in [3.63, 3.8) is 0 Å². The Balaban J connectivity index is 1.82. The van der Waals surface area contributed by atoms with Crippen molar-refractivity contribution in [3.05, 3.63) is 58.9 Å². The van der Waals surface area contributed by atoms with Crippen LogP contribution in [0.5, 0.6) is 0 Å². The minimum atomic E-state index is -0.286. The first-order valence-electron chi connectivity index (χ1n) is 7.09. The average molecular weight is 312 g/mol. The molecule has 5 heteroatoms. The lowest BCUT2D eigenvalue weighted by molar-refractivity contribution is 0.0996. The van der Waals surface area contributed by atoms with Crippen LogP contribution in [0.1, 0.15) is 27.9 Å². The highest BCUT2D eigenvalue weighted by Crippen LogP contribution is 2.30. The molecule has 3 aromatic rings. The summed E-state index contributed by atoms with van der Waals surface area (Å²) in [5.41, 5.74) is 3.26. The van der Waals surface area contributed by atoms with Gasteiger partial charge in [0, 0.05) is 10.4 Å². The van der Waals surface area contributed by atoms with Crippen LogP contribution in [0.3, 0.4) is 0 Å². The summed E-state index contributed by atoms with van der Waals surface area (Å²) in [4.78, 5) is 17.6. The number of rotatable bonds is 4. The Kier molecular flexibility index (Phi) is 4.06. The summed E-state index contributed by atoms with van der Waals surface area (Å²) >= 11 is 1.46. The molecule has 22 heavy (non-hydrogen) atoms. The number of anilines is 1. The van der Waals surface area contributed by atoms with Crippen LogP contribution in [0.25, 0.3) is 11.3 Å². The third-order valence-electron chi connectivity index (χ3n) is 3.40. The number of furan rings is 1. The maximum Gasteiger partial charge on any atom is 0.293 e. The third-order valence-corrected chi connectivity index (χ3v) is 4.28. The Bertz CT molecular complexity index is 774. The first kappa shape index (κ1) is 14.5. The van der Waals surface area contributed by atoms with E-state index in [9.17, 15) is 4.79 Å². The Morgan fingerprint density at radius 2 is 2.05 bits per heavy atom. The topological polar surface area (TPSA) is 55.1 Å². The van der Waals surface area contributed by atoms with Crippen LogP contribution in [0.2, 0.25) is 0 Å². The molecular formula is C17H16N2O2S. The van der Waals surface area contributed by atoms with Crippen LogP contribution in [0.15, 0.2) is 47.1 Å². The molecule has 0 aliphatic carbocycles. The molecule has 2 heterocycles. The molecule has 4 nitrogen and oxygen atoms in total. The van der Waals surface area contributed by atoms with Crippen LogP contribution in [0.4, 0.5) is 5.13 Å². The molecule has 0 aliphatic rings. The molecule has 0 saturated heterocycles. The van der Waals surface area contributed by atoms with Gasteiger partial charge in [-0.05, 0) is 31.0 Å². The molecule has 0 spiro atoms. The van der Waals surface area contributed by atoms with Crippen LogP contribution in [-0.4, -0.2) is 10.9 Å². The summed E-state index contributed by atoms with van der Waals surface area (Å²) in [7, 11) is 0. The Morgan fingerprint density at radius 3 is 2.68 bits per heavy atom. The third kappa shape index (κ3) is 2.94. The van der Waals surface area contributed by atoms with Gasteiger partial charge in [0.2, 0.25) is 0 Å². The second-order valence-electron chi connectivity index (χ2n) is 4.91. The zero-order valence-corrected chi connectivity index (χ0v) is 13.2. The van der Waals surface area contributed by atoms with Crippen molar-refractivity contribution in [2.45, 2.75) is 20.3 Å². The normalized spacial score (nSPS) is 10.6. The lowest BCUT2D eigenvalue weighted by atomic mass is 10.1. The van der Waals surface area contributed by atoms with Gasteiger partial charge in [0.15, 0.2) is 10.9 Å². The standard InChI is InChI=1S/C17H16N2O2S/c1-3-12-6-8-13(9-7-12)15-11(2)22-17(18-15)19-16(20)14-5-4-10-21-14/h4-10H,3H2,1-2H3,(H,18,19,20). The highest BCUT2D eigenvalue weighted by atomic mass is 32.1. The van der Waals surface area contributed by atoms with E-state index in [1.807, 2.05) is 6.92 Å². The molecular weight excluding hydrogens is 296 g/mol. The van der Waals surface area contributed by atoms with Gasteiger partial charge in [-0.25, -0.2) is 4.98 Å². The monoisotopic (exact) mass is 312 g/mol. The molecule has 0 aliphatic heterocycles. The first-order valence-corrected chi connectivity index (χ1v) is 7.90. The van der Waals surface area contributed by atoms with Gasteiger partial charge in [-0.3, -0.25) is 10.1 Å². The molecule has 0 atom stereocenters. The fraction of sp³-hybridized carbons (Fsp3) is 0.176. The van der Waals surface area contributed by atoms with E-state index in [0.29, 0.717) is 5.13 Å². The van der Waals surface area contributed by atoms with Crippen molar-refractivity contribution in [2.75, 3.05) is 5.32 Å². The molecule has 0 bridgehead atoms. The maximum absolute atomic E-state index is 12.0. The summed E-state index contributed by atoms with van der Waals surface area (Å²) in [6.07, 6.45) is 2.49. The second kappa shape index (κ2) is 6.15. The van der Waals surface area contributed by atoms with Crippen molar-refractivity contribution in [1.29, 1.82) is 0 Å². The van der Waals surface area contributed by atoms with E-state index in [2.05, 4.69) is 41.5 Å². The van der Waals surface area contributed by atoms with Crippen LogP contribution >= 0.6 is 11.3 Å². The van der Waals surface area contributed by atoms with Gasteiger partial charge in [0.25, 0.3) is 5.91 Å². The Labute approximate surface area is 132 Å². The van der Waals surface area contributed by atoms with Crippen molar-refractivity contribution < 1.29 is 9.21 Å². The van der Waals surface area contributed by atoms with E-state index in [4.69, 9.17) is 4.42 Å². The number of aryl methyl sites for hydroxylation is 2. The molecule has 1 N–H and O–H groups in total. The van der Waals surface area contributed by atoms with Crippen LogP contribution in [0, 0.1) is 6.92 Å². The first-order chi connectivity index (χ1) is 10.7. The fourth-order valence-corrected chi connectivity index (χ4v) is 3.01. The van der Waals surface area contributed by atoms with Crippen molar-refractivity contribution >= 4 is 22.4 Å². The van der Waals surface area contributed by atoms with E-state index in [1.165, 1.54) is 23.2 Å². The minimum Gasteiger partial charge on any atom is -0.459 e. The Morgan fingerprint density at radius 1 is 1.27 bits per heavy atom. The average Bonchev–Trinajstić information content (AvgIpc) is 3.17. The van der Waals surface area contributed by atoms with Gasteiger partial charge in [0.1, 0.15) is 0 Å². The summed E-state index contributed by atoms with van der Waals surface area (Å²) in [6, 6.07) is 11.7. The van der Waals surface area contributed by atoms with Gasteiger partial charge in [-0.1, -0.05) is 31.2 Å². The number of amides is 1. The predicted molar refractivity (Wildman–Crippen MR) is 88.3 cm³/mol. The predicted octanol–water partition coefficient (Wildman–Crippen LogP) is 4.53. The second-order valence-corrected chi connectivity index (χ2v) is 6.11. The lowest BCUT2D eigenvalue weighted by Gasteiger charge is -2.01. The molecule has 0 unspecified atom stereocenters. The van der Waals surface area contributed by atoms with Crippen LogP contribution in [-0.2, 0) is 6.42 Å². The molecule has 0 saturated carbocycles. The van der Waals surface area contributed by atoms with Gasteiger partial charge in [-0.2, -0.15) is 0 Å². The highest BCUT2D eigenvalue weighted by Gasteiger charge is 2.14. The highest BCUT2D eigenvalue weighted by molar-refractivity contribution is 7.16. The number of carbonyl (C=O) groups excluding carboxylic acids is 1. The van der Waals surface area contributed by atoms with Gasteiger partial charge >= 0.3 is 0 Å². The lowest BCUT2D eigenvalue weighted by Crippen LogP contribution is -2.10. The van der Waals surface area contributed by atoms with Crippen LogP contribution < -0.4 is 5.32 Å². The smallest absolute Gasteiger partial charge is 0.293 e. The summed E-state index contributed by atoms with van der Waals surface area (Å²) in [5, 5.41) is 3.35. The molecule has 2 aromatic heterocycles. The van der Waals surface area contributed by atoms with Crippen molar-refractivity contribution in [3.8, 4) is 11.3 Å². The van der Waals surface area contributed by atoms with Gasteiger partial charge in [0.05, 0.1) is 12.0 Å². The summed E-state index contributed by atoms with van der Waals surface area (Å²) in [5.74, 6) is -0.00617. The maximum atomic E-state index is 12.0. The summed E-state index contributed by atoms with van der Waals surface area (Å²) < 4.78 is 5.08. The number of aromatic nitrogens is 1. The fourth-order valence-electron chi connectivity index (χ4n) is 2.18. The van der Waals surface area contributed by atoms with Crippen molar-refractivity contribution in [2.24, 2.45) is 0 Å². The van der Waals surface area contributed by atoms with Gasteiger partial charge in [-0.15, -0.1) is 11.3 Å². The van der Waals surface area contributed by atoms with E-state index in [-0.39, 0.29) is 11.7 Å². The molecule has 1 amide bonds. The number of hydrogen-bond acceptors (Lipinski definition) is 4. The molecule has 0 radical (unpaired) electrons. The number of benzene rings is 1. The zero-order chi connectivity index (χ0) is 15.5. The molecule has 1 aromatic carbocycles. The Hall–Kier alpha value is -2.40.